The van der Waals surface area contributed by atoms with Gasteiger partial charge in [0.25, 0.3) is 0 Å². The lowest BCUT2D eigenvalue weighted by atomic mass is 9.88. The molecule has 2 rings (SSSR count). The summed E-state index contributed by atoms with van der Waals surface area (Å²) in [6.07, 6.45) is 12.7. The van der Waals surface area contributed by atoms with Gasteiger partial charge in [0.1, 0.15) is 0 Å². The Bertz CT molecular complexity index is 277. The number of rotatable bonds is 3. The number of allylic oxidation sites excluding steroid dienone is 2. The lowest BCUT2D eigenvalue weighted by Gasteiger charge is -2.22. The van der Waals surface area contributed by atoms with Crippen molar-refractivity contribution in [3.05, 3.63) is 11.6 Å². The Hall–Kier alpha value is -0.630. The van der Waals surface area contributed by atoms with E-state index in [2.05, 4.69) is 11.4 Å². The van der Waals surface area contributed by atoms with Gasteiger partial charge in [0.2, 0.25) is 0 Å². The van der Waals surface area contributed by atoms with Gasteiger partial charge in [-0.3, -0.25) is 4.79 Å². The summed E-state index contributed by atoms with van der Waals surface area (Å²) in [7, 11) is 0. The molecule has 0 amide bonds. The van der Waals surface area contributed by atoms with E-state index >= 15 is 0 Å². The molecule has 2 nitrogen and oxygen atoms in total. The summed E-state index contributed by atoms with van der Waals surface area (Å²) >= 11 is 0. The number of hydrogen-bond acceptors (Lipinski definition) is 2. The highest BCUT2D eigenvalue weighted by atomic mass is 16.1. The monoisotopic (exact) mass is 235 g/mol. The molecule has 0 radical (unpaired) electrons. The van der Waals surface area contributed by atoms with Crippen LogP contribution in [0.25, 0.3) is 0 Å². The van der Waals surface area contributed by atoms with Crippen molar-refractivity contribution in [1.29, 1.82) is 0 Å². The van der Waals surface area contributed by atoms with E-state index in [0.717, 1.165) is 37.9 Å². The summed E-state index contributed by atoms with van der Waals surface area (Å²) in [4.78, 5) is 12.2. The average Bonchev–Trinajstić information content (AvgIpc) is 2.29. The molecule has 1 saturated heterocycles. The first kappa shape index (κ1) is 12.8. The predicted octanol–water partition coefficient (Wildman–Crippen LogP) is 3.23. The molecule has 1 aliphatic carbocycles. The number of nitrogens with one attached hydrogen (secondary N) is 1. The van der Waals surface area contributed by atoms with Gasteiger partial charge < -0.3 is 5.32 Å². The van der Waals surface area contributed by atoms with E-state index in [1.807, 2.05) is 0 Å². The van der Waals surface area contributed by atoms with Gasteiger partial charge in [0.05, 0.1) is 0 Å². The van der Waals surface area contributed by atoms with Crippen molar-refractivity contribution in [1.82, 2.24) is 5.32 Å². The molecule has 1 heterocycles. The fourth-order valence-corrected chi connectivity index (χ4v) is 2.92. The van der Waals surface area contributed by atoms with Crippen molar-refractivity contribution in [2.45, 2.75) is 57.8 Å². The smallest absolute Gasteiger partial charge is 0.158 e. The van der Waals surface area contributed by atoms with Crippen LogP contribution >= 0.6 is 0 Å². The van der Waals surface area contributed by atoms with Gasteiger partial charge in [-0.15, -0.1) is 0 Å². The number of carbonyl (C=O) groups is 1. The molecule has 0 atom stereocenters. The van der Waals surface area contributed by atoms with Crippen molar-refractivity contribution < 1.29 is 4.79 Å². The summed E-state index contributed by atoms with van der Waals surface area (Å²) in [5.74, 6) is 1.08. The second-order valence-electron chi connectivity index (χ2n) is 5.50. The van der Waals surface area contributed by atoms with Crippen molar-refractivity contribution >= 4 is 5.78 Å². The molecule has 2 aliphatic rings. The SMILES string of the molecule is O=C(CC1CCNCC1)C1=CCCCCCC1. The molecule has 1 N–H and O–H groups in total. The second-order valence-corrected chi connectivity index (χ2v) is 5.50. The van der Waals surface area contributed by atoms with E-state index in [0.29, 0.717) is 11.7 Å². The summed E-state index contributed by atoms with van der Waals surface area (Å²) in [6, 6.07) is 0. The molecule has 2 heteroatoms. The van der Waals surface area contributed by atoms with Crippen molar-refractivity contribution in [2.24, 2.45) is 5.92 Å². The van der Waals surface area contributed by atoms with Gasteiger partial charge in [0, 0.05) is 6.42 Å². The minimum Gasteiger partial charge on any atom is -0.317 e. The lowest BCUT2D eigenvalue weighted by molar-refractivity contribution is -0.116. The van der Waals surface area contributed by atoms with Crippen molar-refractivity contribution in [3.8, 4) is 0 Å². The van der Waals surface area contributed by atoms with Gasteiger partial charge in [0.15, 0.2) is 5.78 Å². The molecular weight excluding hydrogens is 210 g/mol. The Morgan fingerprint density at radius 2 is 1.94 bits per heavy atom. The largest absolute Gasteiger partial charge is 0.317 e. The summed E-state index contributed by atoms with van der Waals surface area (Å²) in [5.41, 5.74) is 1.14. The highest BCUT2D eigenvalue weighted by molar-refractivity contribution is 5.95. The molecule has 0 unspecified atom stereocenters. The Labute approximate surface area is 105 Å². The number of piperidine rings is 1. The highest BCUT2D eigenvalue weighted by Crippen LogP contribution is 2.23. The van der Waals surface area contributed by atoms with Crippen LogP contribution in [-0.2, 0) is 4.79 Å². The number of Topliss-reactive ketones (excluding diaryl/α,β-unsaturated/α-hetero) is 1. The first-order valence-electron chi connectivity index (χ1n) is 7.29. The highest BCUT2D eigenvalue weighted by Gasteiger charge is 2.19. The first-order valence-corrected chi connectivity index (χ1v) is 7.29. The fraction of sp³-hybridized carbons (Fsp3) is 0.800. The minimum atomic E-state index is 0.443. The Morgan fingerprint density at radius 1 is 1.18 bits per heavy atom. The van der Waals surface area contributed by atoms with E-state index in [4.69, 9.17) is 0 Å². The van der Waals surface area contributed by atoms with Crippen LogP contribution in [-0.4, -0.2) is 18.9 Å². The Kier molecular flexibility index (Phi) is 5.24. The maximum atomic E-state index is 12.2. The van der Waals surface area contributed by atoms with Gasteiger partial charge in [-0.25, -0.2) is 0 Å². The van der Waals surface area contributed by atoms with E-state index in [9.17, 15) is 4.79 Å². The van der Waals surface area contributed by atoms with Crippen LogP contribution in [0.5, 0.6) is 0 Å². The maximum absolute atomic E-state index is 12.2. The van der Waals surface area contributed by atoms with Crippen LogP contribution in [0, 0.1) is 5.92 Å². The van der Waals surface area contributed by atoms with Gasteiger partial charge in [-0.1, -0.05) is 18.9 Å². The molecule has 17 heavy (non-hydrogen) atoms. The van der Waals surface area contributed by atoms with Gasteiger partial charge in [-0.05, 0) is 63.1 Å². The second kappa shape index (κ2) is 6.95. The van der Waals surface area contributed by atoms with Crippen LogP contribution in [0.3, 0.4) is 0 Å². The zero-order valence-corrected chi connectivity index (χ0v) is 10.8. The number of hydrogen-bond donors (Lipinski definition) is 1. The summed E-state index contributed by atoms with van der Waals surface area (Å²) in [6.45, 7) is 2.19. The van der Waals surface area contributed by atoms with Crippen LogP contribution in [0.4, 0.5) is 0 Å². The molecule has 0 bridgehead atoms. The molecule has 0 aromatic carbocycles. The predicted molar refractivity (Wildman–Crippen MR) is 71.0 cm³/mol. The molecule has 0 aromatic rings. The third kappa shape index (κ3) is 4.27. The zero-order valence-electron chi connectivity index (χ0n) is 10.8. The first-order chi connectivity index (χ1) is 8.36. The zero-order chi connectivity index (χ0) is 11.9. The fourth-order valence-electron chi connectivity index (χ4n) is 2.92. The molecule has 1 fully saturated rings. The van der Waals surface area contributed by atoms with Crippen LogP contribution in [0.2, 0.25) is 0 Å². The molecule has 0 aromatic heterocycles. The summed E-state index contributed by atoms with van der Waals surface area (Å²) < 4.78 is 0. The normalized spacial score (nSPS) is 23.6. The van der Waals surface area contributed by atoms with E-state index in [1.165, 1.54) is 38.5 Å². The third-order valence-corrected chi connectivity index (χ3v) is 4.08. The van der Waals surface area contributed by atoms with E-state index < -0.39 is 0 Å². The molecule has 0 saturated carbocycles. The molecule has 1 aliphatic heterocycles. The summed E-state index contributed by atoms with van der Waals surface area (Å²) in [5, 5.41) is 3.36. The van der Waals surface area contributed by atoms with Crippen LogP contribution in [0.1, 0.15) is 57.8 Å². The van der Waals surface area contributed by atoms with E-state index in [1.54, 1.807) is 0 Å². The number of carbonyl (C=O) groups excluding carboxylic acids is 1. The van der Waals surface area contributed by atoms with Crippen molar-refractivity contribution in [3.63, 3.8) is 0 Å². The Balaban J connectivity index is 1.84. The molecule has 96 valence electrons. The number of ketones is 1. The van der Waals surface area contributed by atoms with Crippen molar-refractivity contribution in [2.75, 3.05) is 13.1 Å². The van der Waals surface area contributed by atoms with Gasteiger partial charge >= 0.3 is 0 Å². The quantitative estimate of drug-likeness (QED) is 0.813. The topological polar surface area (TPSA) is 29.1 Å². The van der Waals surface area contributed by atoms with E-state index in [-0.39, 0.29) is 0 Å². The Morgan fingerprint density at radius 3 is 2.76 bits per heavy atom. The standard InChI is InChI=1S/C15H25NO/c17-15(12-13-8-10-16-11-9-13)14-6-4-2-1-3-5-7-14/h6,13,16H,1-5,7-12H2. The minimum absolute atomic E-state index is 0.443. The van der Waals surface area contributed by atoms with Crippen LogP contribution in [0.15, 0.2) is 11.6 Å². The molecular formula is C15H25NO. The lowest BCUT2D eigenvalue weighted by Crippen LogP contribution is -2.29. The van der Waals surface area contributed by atoms with Crippen LogP contribution < -0.4 is 5.32 Å². The maximum Gasteiger partial charge on any atom is 0.158 e. The molecule has 0 spiro atoms. The average molecular weight is 235 g/mol. The third-order valence-electron chi connectivity index (χ3n) is 4.08. The van der Waals surface area contributed by atoms with Gasteiger partial charge in [-0.2, -0.15) is 0 Å².